The van der Waals surface area contributed by atoms with Gasteiger partial charge < -0.3 is 5.11 Å². The van der Waals surface area contributed by atoms with Crippen molar-refractivity contribution in [1.29, 1.82) is 0 Å². The van der Waals surface area contributed by atoms with Crippen molar-refractivity contribution in [2.75, 3.05) is 0 Å². The Balaban J connectivity index is 2.74. The molecule has 0 aromatic heterocycles. The highest BCUT2D eigenvalue weighted by molar-refractivity contribution is 6.55. The lowest BCUT2D eigenvalue weighted by atomic mass is 9.94. The Morgan fingerprint density at radius 3 is 1.72 bits per heavy atom. The summed E-state index contributed by atoms with van der Waals surface area (Å²) >= 11 is 0. The zero-order valence-corrected chi connectivity index (χ0v) is 13.9. The van der Waals surface area contributed by atoms with Crippen molar-refractivity contribution in [2.45, 2.75) is 13.8 Å². The van der Waals surface area contributed by atoms with Crippen LogP contribution in [0.1, 0.15) is 29.8 Å². The molecule has 1 N–H and O–H groups in total. The molecule has 0 fully saturated rings. The SMILES string of the molecule is CC(=O)N=C(C(C)=O)/C(C(=O)c1ccccc1)=C(\O)c1ccccc1. The fourth-order valence-corrected chi connectivity index (χ4v) is 2.27. The van der Waals surface area contributed by atoms with Crippen molar-refractivity contribution in [2.24, 2.45) is 4.99 Å². The first kappa shape index (κ1) is 18.0. The molecule has 0 aliphatic heterocycles. The van der Waals surface area contributed by atoms with Crippen molar-refractivity contribution in [3.05, 3.63) is 77.4 Å². The molecule has 0 spiro atoms. The summed E-state index contributed by atoms with van der Waals surface area (Å²) in [6.45, 7) is 2.37. The first-order valence-electron chi connectivity index (χ1n) is 7.60. The van der Waals surface area contributed by atoms with Gasteiger partial charge in [0.25, 0.3) is 0 Å². The molecule has 0 aliphatic carbocycles. The van der Waals surface area contributed by atoms with Gasteiger partial charge in [-0.05, 0) is 0 Å². The molecule has 5 heteroatoms. The summed E-state index contributed by atoms with van der Waals surface area (Å²) < 4.78 is 0. The minimum Gasteiger partial charge on any atom is -0.506 e. The Labute approximate surface area is 145 Å². The summed E-state index contributed by atoms with van der Waals surface area (Å²) in [4.78, 5) is 40.0. The van der Waals surface area contributed by atoms with E-state index in [0.29, 0.717) is 5.56 Å². The van der Waals surface area contributed by atoms with Crippen LogP contribution in [0.2, 0.25) is 0 Å². The zero-order chi connectivity index (χ0) is 18.4. The van der Waals surface area contributed by atoms with Gasteiger partial charge in [0.15, 0.2) is 11.6 Å². The molecule has 0 heterocycles. The predicted octanol–water partition coefficient (Wildman–Crippen LogP) is 3.42. The number of allylic oxidation sites excluding steroid dienone is 1. The largest absolute Gasteiger partial charge is 0.506 e. The van der Waals surface area contributed by atoms with Gasteiger partial charge in [0.2, 0.25) is 5.91 Å². The normalized spacial score (nSPS) is 12.3. The molecular weight excluding hydrogens is 318 g/mol. The molecule has 126 valence electrons. The van der Waals surface area contributed by atoms with E-state index in [-0.39, 0.29) is 16.8 Å². The van der Waals surface area contributed by atoms with Crippen LogP contribution < -0.4 is 0 Å². The van der Waals surface area contributed by atoms with E-state index in [0.717, 1.165) is 0 Å². The molecule has 0 bridgehead atoms. The molecule has 0 unspecified atom stereocenters. The van der Waals surface area contributed by atoms with E-state index in [2.05, 4.69) is 4.99 Å². The summed E-state index contributed by atoms with van der Waals surface area (Å²) in [6, 6.07) is 16.5. The van der Waals surface area contributed by atoms with Crippen LogP contribution >= 0.6 is 0 Å². The summed E-state index contributed by atoms with van der Waals surface area (Å²) in [5, 5.41) is 10.7. The van der Waals surface area contributed by atoms with E-state index < -0.39 is 23.2 Å². The lowest BCUT2D eigenvalue weighted by Crippen LogP contribution is -2.23. The molecule has 0 saturated carbocycles. The molecule has 1 amide bonds. The highest BCUT2D eigenvalue weighted by Gasteiger charge is 2.26. The van der Waals surface area contributed by atoms with E-state index in [9.17, 15) is 19.5 Å². The van der Waals surface area contributed by atoms with Crippen LogP contribution in [0.4, 0.5) is 0 Å². The zero-order valence-electron chi connectivity index (χ0n) is 13.9. The number of carbonyl (C=O) groups is 3. The van der Waals surface area contributed by atoms with Crippen molar-refractivity contribution in [1.82, 2.24) is 0 Å². The number of aliphatic hydroxyl groups excluding tert-OH is 1. The molecule has 5 nitrogen and oxygen atoms in total. The van der Waals surface area contributed by atoms with Crippen molar-refractivity contribution in [3.8, 4) is 0 Å². The Hall–Kier alpha value is -3.34. The lowest BCUT2D eigenvalue weighted by Gasteiger charge is -2.11. The number of nitrogens with zero attached hydrogens (tertiary/aromatic N) is 1. The van der Waals surface area contributed by atoms with E-state index >= 15 is 0 Å². The maximum atomic E-state index is 12.9. The third-order valence-corrected chi connectivity index (χ3v) is 3.39. The van der Waals surface area contributed by atoms with Crippen LogP contribution in [0.3, 0.4) is 0 Å². The number of benzene rings is 2. The second-order valence-corrected chi connectivity index (χ2v) is 5.32. The van der Waals surface area contributed by atoms with Gasteiger partial charge in [-0.3, -0.25) is 14.4 Å². The maximum Gasteiger partial charge on any atom is 0.243 e. The minimum absolute atomic E-state index is 0.275. The highest BCUT2D eigenvalue weighted by Crippen LogP contribution is 2.21. The third kappa shape index (κ3) is 4.35. The van der Waals surface area contributed by atoms with Gasteiger partial charge in [-0.15, -0.1) is 0 Å². The van der Waals surface area contributed by atoms with Crippen LogP contribution in [-0.4, -0.2) is 28.3 Å². The Morgan fingerprint density at radius 2 is 1.28 bits per heavy atom. The van der Waals surface area contributed by atoms with Crippen LogP contribution in [-0.2, 0) is 9.59 Å². The molecule has 0 aliphatic rings. The van der Waals surface area contributed by atoms with Gasteiger partial charge in [-0.1, -0.05) is 60.7 Å². The van der Waals surface area contributed by atoms with Crippen molar-refractivity contribution < 1.29 is 19.5 Å². The van der Waals surface area contributed by atoms with Crippen LogP contribution in [0.15, 0.2) is 71.2 Å². The number of aliphatic imine (C=N–C) groups is 1. The topological polar surface area (TPSA) is 83.8 Å². The highest BCUT2D eigenvalue weighted by atomic mass is 16.3. The number of hydrogen-bond donors (Lipinski definition) is 1. The fourth-order valence-electron chi connectivity index (χ4n) is 2.27. The summed E-state index contributed by atoms with van der Waals surface area (Å²) in [5.41, 5.74) is -0.0282. The molecule has 0 saturated heterocycles. The Kier molecular flexibility index (Phi) is 5.74. The number of ketones is 2. The van der Waals surface area contributed by atoms with E-state index in [4.69, 9.17) is 0 Å². The van der Waals surface area contributed by atoms with Gasteiger partial charge in [-0.2, -0.15) is 0 Å². The Morgan fingerprint density at radius 1 is 0.800 bits per heavy atom. The Bertz CT molecular complexity index is 865. The van der Waals surface area contributed by atoms with Gasteiger partial charge in [0, 0.05) is 25.0 Å². The van der Waals surface area contributed by atoms with Gasteiger partial charge in [0.05, 0.1) is 5.57 Å². The monoisotopic (exact) mass is 335 g/mol. The molecule has 2 aromatic rings. The molecule has 0 atom stereocenters. The van der Waals surface area contributed by atoms with Gasteiger partial charge in [0.1, 0.15) is 11.5 Å². The molecule has 0 radical (unpaired) electrons. The average Bonchev–Trinajstić information content (AvgIpc) is 2.62. The number of amides is 1. The lowest BCUT2D eigenvalue weighted by molar-refractivity contribution is -0.116. The summed E-state index contributed by atoms with van der Waals surface area (Å²) in [6.07, 6.45) is 0. The van der Waals surface area contributed by atoms with Gasteiger partial charge >= 0.3 is 0 Å². The van der Waals surface area contributed by atoms with E-state index in [1.165, 1.54) is 13.8 Å². The summed E-state index contributed by atoms with van der Waals surface area (Å²) in [5.74, 6) is -2.21. The second-order valence-electron chi connectivity index (χ2n) is 5.32. The quantitative estimate of drug-likeness (QED) is 0.393. The third-order valence-electron chi connectivity index (χ3n) is 3.39. The second kappa shape index (κ2) is 7.97. The van der Waals surface area contributed by atoms with Gasteiger partial charge in [-0.25, -0.2) is 4.99 Å². The number of Topliss-reactive ketones (excluding diaryl/α,β-unsaturated/α-hetero) is 2. The number of carbonyl (C=O) groups excluding carboxylic acids is 3. The van der Waals surface area contributed by atoms with Crippen molar-refractivity contribution >= 4 is 28.9 Å². The summed E-state index contributed by atoms with van der Waals surface area (Å²) in [7, 11) is 0. The molecule has 2 rings (SSSR count). The number of aliphatic hydroxyl groups is 1. The molecular formula is C20H17NO4. The minimum atomic E-state index is -0.635. The predicted molar refractivity (Wildman–Crippen MR) is 95.6 cm³/mol. The standard InChI is InChI=1S/C20H17NO4/c1-13(22)18(21-14(2)23)17(19(24)15-9-5-3-6-10-15)20(25)16-11-7-4-8-12-16/h3-12,24H,1-2H3/b19-17+,21-18?. The van der Waals surface area contributed by atoms with E-state index in [1.54, 1.807) is 60.7 Å². The smallest absolute Gasteiger partial charge is 0.243 e. The first-order valence-corrected chi connectivity index (χ1v) is 7.60. The maximum absolute atomic E-state index is 12.9. The molecule has 25 heavy (non-hydrogen) atoms. The van der Waals surface area contributed by atoms with Crippen molar-refractivity contribution in [3.63, 3.8) is 0 Å². The first-order chi connectivity index (χ1) is 11.9. The van der Waals surface area contributed by atoms with Crippen LogP contribution in [0.5, 0.6) is 0 Å². The average molecular weight is 335 g/mol. The fraction of sp³-hybridized carbons (Fsp3) is 0.100. The number of hydrogen-bond acceptors (Lipinski definition) is 4. The van der Waals surface area contributed by atoms with E-state index in [1.807, 2.05) is 0 Å². The van der Waals surface area contributed by atoms with Crippen LogP contribution in [0.25, 0.3) is 5.76 Å². The number of rotatable bonds is 5. The molecule has 2 aromatic carbocycles. The van der Waals surface area contributed by atoms with Crippen LogP contribution in [0, 0.1) is 0 Å².